The van der Waals surface area contributed by atoms with Crippen molar-refractivity contribution in [3.8, 4) is 0 Å². The molecule has 8 heteroatoms. The first-order valence-corrected chi connectivity index (χ1v) is 10.7. The second-order valence-corrected chi connectivity index (χ2v) is 8.53. The van der Waals surface area contributed by atoms with Gasteiger partial charge in [-0.3, -0.25) is 4.79 Å². The van der Waals surface area contributed by atoms with Crippen LogP contribution in [0.4, 0.5) is 9.18 Å². The Labute approximate surface area is 175 Å². The van der Waals surface area contributed by atoms with E-state index in [1.54, 1.807) is 11.8 Å². The molecule has 3 rings (SSSR count). The summed E-state index contributed by atoms with van der Waals surface area (Å²) in [4.78, 5) is 26.0. The predicted molar refractivity (Wildman–Crippen MR) is 109 cm³/mol. The average Bonchev–Trinajstić information content (AvgIpc) is 2.68. The Morgan fingerprint density at radius 1 is 1.24 bits per heavy atom. The summed E-state index contributed by atoms with van der Waals surface area (Å²) in [5, 5.41) is 16.4. The molecule has 1 saturated carbocycles. The van der Waals surface area contributed by atoms with Gasteiger partial charge in [0, 0.05) is 31.1 Å². The first-order chi connectivity index (χ1) is 13.8. The van der Waals surface area contributed by atoms with Gasteiger partial charge in [0.2, 0.25) is 5.91 Å². The van der Waals surface area contributed by atoms with Crippen molar-refractivity contribution in [3.05, 3.63) is 34.6 Å². The number of aliphatic hydroxyl groups excluding tert-OH is 1. The van der Waals surface area contributed by atoms with E-state index in [1.165, 1.54) is 18.2 Å². The van der Waals surface area contributed by atoms with Crippen molar-refractivity contribution < 1.29 is 19.1 Å². The van der Waals surface area contributed by atoms with E-state index in [0.717, 1.165) is 19.3 Å². The number of benzene rings is 1. The molecule has 0 aromatic heterocycles. The maximum atomic E-state index is 13.9. The lowest BCUT2D eigenvalue weighted by molar-refractivity contribution is -0.129. The van der Waals surface area contributed by atoms with Crippen molar-refractivity contribution >= 4 is 23.5 Å². The van der Waals surface area contributed by atoms with E-state index in [2.05, 4.69) is 10.6 Å². The van der Waals surface area contributed by atoms with Gasteiger partial charge in [-0.05, 0) is 61.8 Å². The first-order valence-electron chi connectivity index (χ1n) is 10.3. The van der Waals surface area contributed by atoms with E-state index in [1.807, 2.05) is 0 Å². The van der Waals surface area contributed by atoms with Gasteiger partial charge < -0.3 is 20.6 Å². The number of likely N-dealkylation sites (tertiary alicyclic amines) is 1. The summed E-state index contributed by atoms with van der Waals surface area (Å²) in [6.07, 6.45) is 3.91. The highest BCUT2D eigenvalue weighted by Gasteiger charge is 2.32. The summed E-state index contributed by atoms with van der Waals surface area (Å²) in [6, 6.07) is 3.31. The Bertz CT molecular complexity index is 740. The number of hydrogen-bond acceptors (Lipinski definition) is 3. The van der Waals surface area contributed by atoms with Gasteiger partial charge in [0.25, 0.3) is 0 Å². The second kappa shape index (κ2) is 9.76. The molecule has 160 valence electrons. The summed E-state index contributed by atoms with van der Waals surface area (Å²) in [7, 11) is 0. The average molecular weight is 426 g/mol. The van der Waals surface area contributed by atoms with Crippen LogP contribution in [0.1, 0.15) is 57.1 Å². The number of rotatable bonds is 4. The van der Waals surface area contributed by atoms with Crippen LogP contribution in [0.2, 0.25) is 5.02 Å². The highest BCUT2D eigenvalue weighted by Crippen LogP contribution is 2.37. The van der Waals surface area contributed by atoms with Crippen molar-refractivity contribution in [1.29, 1.82) is 0 Å². The molecule has 1 aliphatic carbocycles. The fourth-order valence-corrected chi connectivity index (χ4v) is 4.65. The molecule has 1 aromatic rings. The van der Waals surface area contributed by atoms with Crippen LogP contribution < -0.4 is 10.6 Å². The zero-order valence-corrected chi connectivity index (χ0v) is 17.4. The van der Waals surface area contributed by atoms with Crippen LogP contribution in [0.3, 0.4) is 0 Å². The zero-order valence-electron chi connectivity index (χ0n) is 16.7. The molecule has 1 aromatic carbocycles. The molecule has 1 saturated heterocycles. The van der Waals surface area contributed by atoms with Crippen molar-refractivity contribution in [2.75, 3.05) is 13.1 Å². The maximum Gasteiger partial charge on any atom is 0.315 e. The van der Waals surface area contributed by atoms with E-state index < -0.39 is 18.0 Å². The summed E-state index contributed by atoms with van der Waals surface area (Å²) >= 11 is 6.33. The van der Waals surface area contributed by atoms with Gasteiger partial charge in [0.1, 0.15) is 5.82 Å². The molecular formula is C21H29ClFN3O3. The number of nitrogens with one attached hydrogen (secondary N) is 2. The summed E-state index contributed by atoms with van der Waals surface area (Å²) in [5.74, 6) is -0.391. The molecule has 3 atom stereocenters. The normalized spacial score (nSPS) is 24.1. The van der Waals surface area contributed by atoms with E-state index >= 15 is 0 Å². The van der Waals surface area contributed by atoms with E-state index in [4.69, 9.17) is 11.6 Å². The lowest BCUT2D eigenvalue weighted by Crippen LogP contribution is -2.50. The molecular weight excluding hydrogens is 397 g/mol. The Kier molecular flexibility index (Phi) is 7.35. The Morgan fingerprint density at radius 2 is 1.97 bits per heavy atom. The van der Waals surface area contributed by atoms with Crippen LogP contribution in [0.25, 0.3) is 0 Å². The lowest BCUT2D eigenvalue weighted by Gasteiger charge is -2.35. The van der Waals surface area contributed by atoms with E-state index in [0.29, 0.717) is 42.9 Å². The van der Waals surface area contributed by atoms with Gasteiger partial charge in [0.05, 0.1) is 12.1 Å². The number of carbonyl (C=O) groups is 2. The molecule has 0 bridgehead atoms. The van der Waals surface area contributed by atoms with Gasteiger partial charge in [-0.2, -0.15) is 0 Å². The number of carbonyl (C=O) groups excluding carboxylic acids is 2. The van der Waals surface area contributed by atoms with Crippen molar-refractivity contribution in [2.24, 2.45) is 5.92 Å². The van der Waals surface area contributed by atoms with E-state index in [9.17, 15) is 19.1 Å². The highest BCUT2D eigenvalue weighted by atomic mass is 35.5. The zero-order chi connectivity index (χ0) is 21.0. The van der Waals surface area contributed by atoms with Gasteiger partial charge in [-0.25, -0.2) is 9.18 Å². The monoisotopic (exact) mass is 425 g/mol. The molecule has 29 heavy (non-hydrogen) atoms. The topological polar surface area (TPSA) is 81.7 Å². The molecule has 3 amide bonds. The maximum absolute atomic E-state index is 13.9. The number of halogens is 2. The third-order valence-electron chi connectivity index (χ3n) is 6.01. The molecule has 2 aliphatic rings. The second-order valence-electron chi connectivity index (χ2n) is 8.12. The van der Waals surface area contributed by atoms with Crippen molar-refractivity contribution in [2.45, 2.75) is 63.6 Å². The fraction of sp³-hybridized carbons (Fsp3) is 0.619. The van der Waals surface area contributed by atoms with Gasteiger partial charge in [-0.15, -0.1) is 0 Å². The SMILES string of the molecule is CC(=O)N1CCC(NC(=O)NC(c2cc(F)ccc2Cl)C2CCCC(O)C2)CC1. The summed E-state index contributed by atoms with van der Waals surface area (Å²) < 4.78 is 13.9. The number of amides is 3. The quantitative estimate of drug-likeness (QED) is 0.691. The Balaban J connectivity index is 1.69. The molecule has 3 N–H and O–H groups in total. The molecule has 6 nitrogen and oxygen atoms in total. The van der Waals surface area contributed by atoms with Crippen LogP contribution in [0.15, 0.2) is 18.2 Å². The lowest BCUT2D eigenvalue weighted by atomic mass is 9.80. The van der Waals surface area contributed by atoms with Crippen LogP contribution in [-0.4, -0.2) is 47.2 Å². The minimum atomic E-state index is -0.481. The number of hydrogen-bond donors (Lipinski definition) is 3. The highest BCUT2D eigenvalue weighted by molar-refractivity contribution is 6.31. The predicted octanol–water partition coefficient (Wildman–Crippen LogP) is 3.38. The Hall–Kier alpha value is -1.86. The van der Waals surface area contributed by atoms with Crippen LogP contribution in [0.5, 0.6) is 0 Å². The molecule has 0 radical (unpaired) electrons. The molecule has 3 unspecified atom stereocenters. The minimum absolute atomic E-state index is 0.0221. The number of nitrogens with zero attached hydrogens (tertiary/aromatic N) is 1. The number of urea groups is 1. The third-order valence-corrected chi connectivity index (χ3v) is 6.36. The van der Waals surface area contributed by atoms with Crippen LogP contribution >= 0.6 is 11.6 Å². The van der Waals surface area contributed by atoms with Gasteiger partial charge >= 0.3 is 6.03 Å². The fourth-order valence-electron chi connectivity index (χ4n) is 4.41. The number of aliphatic hydroxyl groups is 1. The Morgan fingerprint density at radius 3 is 2.62 bits per heavy atom. The number of piperidine rings is 1. The molecule has 1 heterocycles. The first kappa shape index (κ1) is 21.8. The smallest absolute Gasteiger partial charge is 0.315 e. The largest absolute Gasteiger partial charge is 0.393 e. The third kappa shape index (κ3) is 5.82. The van der Waals surface area contributed by atoms with Gasteiger partial charge in [-0.1, -0.05) is 18.0 Å². The minimum Gasteiger partial charge on any atom is -0.393 e. The van der Waals surface area contributed by atoms with Crippen molar-refractivity contribution in [3.63, 3.8) is 0 Å². The van der Waals surface area contributed by atoms with Gasteiger partial charge in [0.15, 0.2) is 0 Å². The van der Waals surface area contributed by atoms with Crippen LogP contribution in [-0.2, 0) is 4.79 Å². The molecule has 2 fully saturated rings. The molecule has 1 aliphatic heterocycles. The van der Waals surface area contributed by atoms with Crippen LogP contribution in [0, 0.1) is 11.7 Å². The van der Waals surface area contributed by atoms with E-state index in [-0.39, 0.29) is 23.9 Å². The van der Waals surface area contributed by atoms with Crippen molar-refractivity contribution in [1.82, 2.24) is 15.5 Å². The summed E-state index contributed by atoms with van der Waals surface area (Å²) in [6.45, 7) is 2.79. The molecule has 0 spiro atoms. The summed E-state index contributed by atoms with van der Waals surface area (Å²) in [5.41, 5.74) is 0.535. The standard InChI is InChI=1S/C21H29ClFN3O3/c1-13(27)26-9-7-16(8-10-26)24-21(29)25-20(14-3-2-4-17(28)11-14)18-12-15(23)5-6-19(18)22/h5-6,12,14,16-17,20,28H,2-4,7-11H2,1H3,(H2,24,25,29).